The molecule has 0 amide bonds. The average molecular weight is 210 g/mol. The standard InChI is InChI=1S/C11H18N2S/c1-2-5-10-8-12-11(14)13(10)9-6-3-4-7-9/h8-9H,2-7H2,1H3,(H,12,14). The van der Waals surface area contributed by atoms with Crippen LogP contribution < -0.4 is 0 Å². The Morgan fingerprint density at radius 1 is 1.50 bits per heavy atom. The highest BCUT2D eigenvalue weighted by Gasteiger charge is 2.19. The summed E-state index contributed by atoms with van der Waals surface area (Å²) < 4.78 is 3.27. The molecule has 0 aromatic carbocycles. The number of hydrogen-bond acceptors (Lipinski definition) is 1. The summed E-state index contributed by atoms with van der Waals surface area (Å²) in [5.41, 5.74) is 1.39. The number of rotatable bonds is 3. The molecule has 0 spiro atoms. The van der Waals surface area contributed by atoms with Crippen molar-refractivity contribution in [2.75, 3.05) is 0 Å². The highest BCUT2D eigenvalue weighted by Crippen LogP contribution is 2.31. The molecule has 0 atom stereocenters. The topological polar surface area (TPSA) is 20.7 Å². The molecule has 0 saturated heterocycles. The zero-order valence-corrected chi connectivity index (χ0v) is 9.57. The molecule has 1 heterocycles. The smallest absolute Gasteiger partial charge is 0.177 e. The normalized spacial score (nSPS) is 17.8. The van der Waals surface area contributed by atoms with Gasteiger partial charge < -0.3 is 9.55 Å². The van der Waals surface area contributed by atoms with Crippen molar-refractivity contribution in [1.29, 1.82) is 0 Å². The summed E-state index contributed by atoms with van der Waals surface area (Å²) in [6.07, 6.45) is 9.77. The molecule has 1 saturated carbocycles. The van der Waals surface area contributed by atoms with Gasteiger partial charge in [0.05, 0.1) is 0 Å². The van der Waals surface area contributed by atoms with Crippen LogP contribution in [0.4, 0.5) is 0 Å². The van der Waals surface area contributed by atoms with Gasteiger partial charge in [0.15, 0.2) is 4.77 Å². The number of hydrogen-bond donors (Lipinski definition) is 1. The molecule has 78 valence electrons. The van der Waals surface area contributed by atoms with E-state index in [2.05, 4.69) is 22.7 Å². The molecule has 0 aliphatic heterocycles. The zero-order chi connectivity index (χ0) is 9.97. The van der Waals surface area contributed by atoms with Gasteiger partial charge in [-0.05, 0) is 31.5 Å². The number of aryl methyl sites for hydroxylation is 1. The Balaban J connectivity index is 2.28. The van der Waals surface area contributed by atoms with Crippen molar-refractivity contribution in [1.82, 2.24) is 9.55 Å². The lowest BCUT2D eigenvalue weighted by molar-refractivity contribution is 0.493. The monoisotopic (exact) mass is 210 g/mol. The summed E-state index contributed by atoms with van der Waals surface area (Å²) in [4.78, 5) is 3.18. The second-order valence-corrected chi connectivity index (χ2v) is 4.53. The van der Waals surface area contributed by atoms with Crippen molar-refractivity contribution in [2.24, 2.45) is 0 Å². The van der Waals surface area contributed by atoms with E-state index < -0.39 is 0 Å². The molecule has 1 N–H and O–H groups in total. The fourth-order valence-electron chi connectivity index (χ4n) is 2.43. The fraction of sp³-hybridized carbons (Fsp3) is 0.727. The molecule has 1 aromatic rings. The fourth-order valence-corrected chi connectivity index (χ4v) is 2.75. The van der Waals surface area contributed by atoms with Crippen LogP contribution in [0.15, 0.2) is 6.20 Å². The number of nitrogens with one attached hydrogen (secondary N) is 1. The SMILES string of the molecule is CCCc1c[nH]c(=S)n1C1CCCC1. The summed E-state index contributed by atoms with van der Waals surface area (Å²) in [7, 11) is 0. The van der Waals surface area contributed by atoms with E-state index in [4.69, 9.17) is 12.2 Å². The predicted molar refractivity (Wildman–Crippen MR) is 61.1 cm³/mol. The van der Waals surface area contributed by atoms with Gasteiger partial charge in [0, 0.05) is 17.9 Å². The number of nitrogens with zero attached hydrogens (tertiary/aromatic N) is 1. The van der Waals surface area contributed by atoms with Crippen LogP contribution in [-0.4, -0.2) is 9.55 Å². The first-order valence-corrected chi connectivity index (χ1v) is 6.02. The Morgan fingerprint density at radius 3 is 2.86 bits per heavy atom. The minimum atomic E-state index is 0.676. The molecule has 2 rings (SSSR count). The van der Waals surface area contributed by atoms with Gasteiger partial charge in [-0.1, -0.05) is 26.2 Å². The van der Waals surface area contributed by atoms with E-state index in [0.717, 1.165) is 11.2 Å². The van der Waals surface area contributed by atoms with Gasteiger partial charge in [-0.25, -0.2) is 0 Å². The van der Waals surface area contributed by atoms with E-state index in [1.54, 1.807) is 0 Å². The minimum absolute atomic E-state index is 0.676. The molecule has 0 bridgehead atoms. The highest BCUT2D eigenvalue weighted by atomic mass is 32.1. The third-order valence-electron chi connectivity index (χ3n) is 3.09. The Labute approximate surface area is 90.3 Å². The largest absolute Gasteiger partial charge is 0.337 e. The first-order valence-electron chi connectivity index (χ1n) is 5.61. The van der Waals surface area contributed by atoms with E-state index in [9.17, 15) is 0 Å². The van der Waals surface area contributed by atoms with E-state index in [-0.39, 0.29) is 0 Å². The van der Waals surface area contributed by atoms with Crippen LogP contribution in [0, 0.1) is 4.77 Å². The summed E-state index contributed by atoms with van der Waals surface area (Å²) in [5.74, 6) is 0. The van der Waals surface area contributed by atoms with Gasteiger partial charge in [0.1, 0.15) is 0 Å². The minimum Gasteiger partial charge on any atom is -0.337 e. The third-order valence-corrected chi connectivity index (χ3v) is 3.40. The van der Waals surface area contributed by atoms with Crippen molar-refractivity contribution < 1.29 is 0 Å². The lowest BCUT2D eigenvalue weighted by Gasteiger charge is -2.14. The molecule has 3 heteroatoms. The van der Waals surface area contributed by atoms with Gasteiger partial charge >= 0.3 is 0 Å². The molecule has 0 radical (unpaired) electrons. The van der Waals surface area contributed by atoms with E-state index >= 15 is 0 Å². The van der Waals surface area contributed by atoms with Crippen LogP contribution in [-0.2, 0) is 6.42 Å². The number of aromatic amines is 1. The average Bonchev–Trinajstić information content (AvgIpc) is 2.76. The Kier molecular flexibility index (Phi) is 3.06. The van der Waals surface area contributed by atoms with Crippen LogP contribution in [0.25, 0.3) is 0 Å². The first-order chi connectivity index (χ1) is 6.83. The second-order valence-electron chi connectivity index (χ2n) is 4.14. The Hall–Kier alpha value is -0.570. The molecular weight excluding hydrogens is 192 g/mol. The quantitative estimate of drug-likeness (QED) is 0.756. The number of aromatic nitrogens is 2. The number of imidazole rings is 1. The molecule has 0 unspecified atom stereocenters. The van der Waals surface area contributed by atoms with Crippen molar-refractivity contribution in [3.8, 4) is 0 Å². The van der Waals surface area contributed by atoms with Crippen LogP contribution in [0.1, 0.15) is 50.8 Å². The van der Waals surface area contributed by atoms with Crippen LogP contribution >= 0.6 is 12.2 Å². The van der Waals surface area contributed by atoms with Gasteiger partial charge in [-0.2, -0.15) is 0 Å². The third kappa shape index (κ3) is 1.78. The summed E-state index contributed by atoms with van der Waals surface area (Å²) in [5, 5.41) is 0. The zero-order valence-electron chi connectivity index (χ0n) is 8.75. The van der Waals surface area contributed by atoms with Gasteiger partial charge in [0.2, 0.25) is 0 Å². The molecule has 1 aromatic heterocycles. The maximum atomic E-state index is 5.33. The molecule has 1 fully saturated rings. The van der Waals surface area contributed by atoms with Crippen molar-refractivity contribution >= 4 is 12.2 Å². The van der Waals surface area contributed by atoms with Crippen LogP contribution in [0.2, 0.25) is 0 Å². The lowest BCUT2D eigenvalue weighted by Crippen LogP contribution is -2.08. The molecular formula is C11H18N2S. The molecule has 1 aliphatic rings. The van der Waals surface area contributed by atoms with Gasteiger partial charge in [-0.3, -0.25) is 0 Å². The van der Waals surface area contributed by atoms with E-state index in [1.807, 2.05) is 0 Å². The van der Waals surface area contributed by atoms with Crippen molar-refractivity contribution in [2.45, 2.75) is 51.5 Å². The van der Waals surface area contributed by atoms with E-state index in [1.165, 1.54) is 37.8 Å². The van der Waals surface area contributed by atoms with Gasteiger partial charge in [0.25, 0.3) is 0 Å². The second kappa shape index (κ2) is 4.30. The summed E-state index contributed by atoms with van der Waals surface area (Å²) >= 11 is 5.33. The number of H-pyrrole nitrogens is 1. The van der Waals surface area contributed by atoms with Crippen molar-refractivity contribution in [3.05, 3.63) is 16.7 Å². The summed E-state index contributed by atoms with van der Waals surface area (Å²) in [6, 6.07) is 0.676. The Bertz CT molecular complexity index is 344. The highest BCUT2D eigenvalue weighted by molar-refractivity contribution is 7.71. The maximum absolute atomic E-state index is 5.33. The van der Waals surface area contributed by atoms with Crippen molar-refractivity contribution in [3.63, 3.8) is 0 Å². The Morgan fingerprint density at radius 2 is 2.21 bits per heavy atom. The maximum Gasteiger partial charge on any atom is 0.177 e. The summed E-state index contributed by atoms with van der Waals surface area (Å²) in [6.45, 7) is 2.22. The molecule has 14 heavy (non-hydrogen) atoms. The van der Waals surface area contributed by atoms with Crippen LogP contribution in [0.5, 0.6) is 0 Å². The van der Waals surface area contributed by atoms with E-state index in [0.29, 0.717) is 6.04 Å². The predicted octanol–water partition coefficient (Wildman–Crippen LogP) is 3.61. The molecule has 2 nitrogen and oxygen atoms in total. The van der Waals surface area contributed by atoms with Gasteiger partial charge in [-0.15, -0.1) is 0 Å². The molecule has 1 aliphatic carbocycles. The lowest BCUT2D eigenvalue weighted by atomic mass is 10.2. The van der Waals surface area contributed by atoms with Crippen LogP contribution in [0.3, 0.4) is 0 Å². The first kappa shape index (κ1) is 9.97.